The molecule has 0 aromatic heterocycles. The molecule has 0 bridgehead atoms. The van der Waals surface area contributed by atoms with E-state index in [0.29, 0.717) is 18.8 Å². The predicted molar refractivity (Wildman–Crippen MR) is 69.9 cm³/mol. The fourth-order valence-corrected chi connectivity index (χ4v) is 3.42. The molecule has 0 spiro atoms. The molecule has 0 atom stereocenters. The van der Waals surface area contributed by atoms with E-state index in [-0.39, 0.29) is 10.6 Å². The Balaban J connectivity index is 2.43. The standard InChI is InChI=1S/C12H16N2O3S/c1-17-11-9-10(13)5-6-12(11)18(15,16)14-7-3-2-4-8-14/h2-3,5-6,9H,4,7-8,13H2,1H3. The van der Waals surface area contributed by atoms with Crippen molar-refractivity contribution in [1.29, 1.82) is 0 Å². The highest BCUT2D eigenvalue weighted by atomic mass is 32.2. The van der Waals surface area contributed by atoms with Crippen LogP contribution in [0.15, 0.2) is 35.2 Å². The van der Waals surface area contributed by atoms with Gasteiger partial charge >= 0.3 is 0 Å². The first-order valence-corrected chi connectivity index (χ1v) is 7.08. The number of hydrogen-bond acceptors (Lipinski definition) is 4. The molecule has 0 saturated carbocycles. The number of benzene rings is 1. The zero-order chi connectivity index (χ0) is 13.2. The lowest BCUT2D eigenvalue weighted by atomic mass is 10.3. The molecule has 0 saturated heterocycles. The third-order valence-electron chi connectivity index (χ3n) is 2.83. The largest absolute Gasteiger partial charge is 0.495 e. The quantitative estimate of drug-likeness (QED) is 0.661. The Morgan fingerprint density at radius 1 is 1.33 bits per heavy atom. The zero-order valence-corrected chi connectivity index (χ0v) is 11.0. The molecule has 2 rings (SSSR count). The molecule has 1 aliphatic heterocycles. The molecular weight excluding hydrogens is 252 g/mol. The number of nitrogen functional groups attached to an aromatic ring is 1. The molecule has 6 heteroatoms. The number of rotatable bonds is 3. The smallest absolute Gasteiger partial charge is 0.247 e. The third-order valence-corrected chi connectivity index (χ3v) is 4.73. The first kappa shape index (κ1) is 12.9. The van der Waals surface area contributed by atoms with E-state index in [1.165, 1.54) is 23.5 Å². The molecule has 98 valence electrons. The van der Waals surface area contributed by atoms with Gasteiger partial charge in [0.1, 0.15) is 10.6 Å². The molecule has 1 aliphatic rings. The number of nitrogens with zero attached hydrogens (tertiary/aromatic N) is 1. The van der Waals surface area contributed by atoms with Crippen LogP contribution in [0.4, 0.5) is 5.69 Å². The summed E-state index contributed by atoms with van der Waals surface area (Å²) < 4.78 is 31.4. The Morgan fingerprint density at radius 3 is 2.72 bits per heavy atom. The van der Waals surface area contributed by atoms with Crippen molar-refractivity contribution in [3.63, 3.8) is 0 Å². The summed E-state index contributed by atoms with van der Waals surface area (Å²) in [5.74, 6) is 0.282. The Morgan fingerprint density at radius 2 is 2.11 bits per heavy atom. The maximum absolute atomic E-state index is 12.4. The van der Waals surface area contributed by atoms with Crippen molar-refractivity contribution >= 4 is 15.7 Å². The first-order chi connectivity index (χ1) is 8.55. The average molecular weight is 268 g/mol. The Bertz CT molecular complexity index is 567. The van der Waals surface area contributed by atoms with E-state index < -0.39 is 10.0 Å². The maximum atomic E-state index is 12.4. The monoisotopic (exact) mass is 268 g/mol. The number of ether oxygens (including phenoxy) is 1. The fourth-order valence-electron chi connectivity index (χ4n) is 1.87. The summed E-state index contributed by atoms with van der Waals surface area (Å²) >= 11 is 0. The molecule has 5 nitrogen and oxygen atoms in total. The van der Waals surface area contributed by atoms with Gasteiger partial charge in [0, 0.05) is 24.8 Å². The first-order valence-electron chi connectivity index (χ1n) is 5.64. The number of nitrogens with two attached hydrogens (primary N) is 1. The van der Waals surface area contributed by atoms with Gasteiger partial charge in [-0.1, -0.05) is 12.2 Å². The Labute approximate surface area is 107 Å². The Hall–Kier alpha value is -1.53. The highest BCUT2D eigenvalue weighted by Crippen LogP contribution is 2.29. The van der Waals surface area contributed by atoms with Crippen molar-refractivity contribution in [2.45, 2.75) is 11.3 Å². The van der Waals surface area contributed by atoms with E-state index >= 15 is 0 Å². The highest BCUT2D eigenvalue weighted by Gasteiger charge is 2.27. The van der Waals surface area contributed by atoms with Gasteiger partial charge in [0.25, 0.3) is 0 Å². The number of anilines is 1. The van der Waals surface area contributed by atoms with Crippen molar-refractivity contribution in [3.05, 3.63) is 30.4 Å². The van der Waals surface area contributed by atoms with Crippen molar-refractivity contribution in [1.82, 2.24) is 4.31 Å². The van der Waals surface area contributed by atoms with Crippen LogP contribution in [0.2, 0.25) is 0 Å². The summed E-state index contributed by atoms with van der Waals surface area (Å²) in [5.41, 5.74) is 6.10. The number of methoxy groups -OCH3 is 1. The number of hydrogen-bond donors (Lipinski definition) is 1. The van der Waals surface area contributed by atoms with E-state index in [9.17, 15) is 8.42 Å². The van der Waals surface area contributed by atoms with Gasteiger partial charge in [-0.25, -0.2) is 8.42 Å². The van der Waals surface area contributed by atoms with Crippen LogP contribution in [0.1, 0.15) is 6.42 Å². The minimum absolute atomic E-state index is 0.162. The molecule has 1 aromatic carbocycles. The predicted octanol–water partition coefficient (Wildman–Crippen LogP) is 1.23. The molecular formula is C12H16N2O3S. The van der Waals surface area contributed by atoms with Gasteiger partial charge in [0.05, 0.1) is 7.11 Å². The van der Waals surface area contributed by atoms with E-state index in [4.69, 9.17) is 10.5 Å². The van der Waals surface area contributed by atoms with Gasteiger partial charge in [-0.2, -0.15) is 4.31 Å². The fraction of sp³-hybridized carbons (Fsp3) is 0.333. The van der Waals surface area contributed by atoms with E-state index in [2.05, 4.69) is 0 Å². The lowest BCUT2D eigenvalue weighted by Gasteiger charge is -2.23. The van der Waals surface area contributed by atoms with E-state index in [0.717, 1.165) is 6.42 Å². The van der Waals surface area contributed by atoms with Crippen LogP contribution in [0.25, 0.3) is 0 Å². The summed E-state index contributed by atoms with van der Waals surface area (Å²) in [7, 11) is -2.09. The normalized spacial score (nSPS) is 16.7. The molecule has 0 fully saturated rings. The van der Waals surface area contributed by atoms with Crippen molar-refractivity contribution in [2.24, 2.45) is 0 Å². The molecule has 0 aliphatic carbocycles. The van der Waals surface area contributed by atoms with Crippen molar-refractivity contribution in [2.75, 3.05) is 25.9 Å². The topological polar surface area (TPSA) is 72.6 Å². The van der Waals surface area contributed by atoms with Crippen LogP contribution < -0.4 is 10.5 Å². The van der Waals surface area contributed by atoms with Gasteiger partial charge in [0.2, 0.25) is 10.0 Å². The van der Waals surface area contributed by atoms with Gasteiger partial charge in [0.15, 0.2) is 0 Å². The van der Waals surface area contributed by atoms with E-state index in [1.807, 2.05) is 12.2 Å². The molecule has 0 radical (unpaired) electrons. The number of sulfonamides is 1. The third kappa shape index (κ3) is 2.34. The minimum Gasteiger partial charge on any atom is -0.495 e. The van der Waals surface area contributed by atoms with Crippen LogP contribution >= 0.6 is 0 Å². The lowest BCUT2D eigenvalue weighted by Crippen LogP contribution is -2.34. The summed E-state index contributed by atoms with van der Waals surface area (Å²) in [6.45, 7) is 0.891. The second-order valence-electron chi connectivity index (χ2n) is 4.03. The molecule has 1 aromatic rings. The van der Waals surface area contributed by atoms with Gasteiger partial charge in [-0.05, 0) is 18.6 Å². The van der Waals surface area contributed by atoms with Crippen LogP contribution in [-0.4, -0.2) is 32.9 Å². The van der Waals surface area contributed by atoms with Crippen LogP contribution in [0.5, 0.6) is 5.75 Å². The van der Waals surface area contributed by atoms with Crippen LogP contribution in [-0.2, 0) is 10.0 Å². The van der Waals surface area contributed by atoms with Gasteiger partial charge in [-0.15, -0.1) is 0 Å². The average Bonchev–Trinajstić information content (AvgIpc) is 2.39. The van der Waals surface area contributed by atoms with E-state index in [1.54, 1.807) is 6.07 Å². The molecule has 18 heavy (non-hydrogen) atoms. The molecule has 0 unspecified atom stereocenters. The van der Waals surface area contributed by atoms with Crippen molar-refractivity contribution < 1.29 is 13.2 Å². The lowest BCUT2D eigenvalue weighted by molar-refractivity contribution is 0.394. The van der Waals surface area contributed by atoms with Gasteiger partial charge < -0.3 is 10.5 Å². The van der Waals surface area contributed by atoms with Crippen LogP contribution in [0.3, 0.4) is 0 Å². The Kier molecular flexibility index (Phi) is 3.58. The molecule has 1 heterocycles. The minimum atomic E-state index is -3.52. The van der Waals surface area contributed by atoms with Crippen LogP contribution in [0, 0.1) is 0 Å². The second kappa shape index (κ2) is 4.99. The maximum Gasteiger partial charge on any atom is 0.247 e. The highest BCUT2D eigenvalue weighted by molar-refractivity contribution is 7.89. The van der Waals surface area contributed by atoms with Crippen molar-refractivity contribution in [3.8, 4) is 5.75 Å². The van der Waals surface area contributed by atoms with Gasteiger partial charge in [-0.3, -0.25) is 0 Å². The zero-order valence-electron chi connectivity index (χ0n) is 10.2. The second-order valence-corrected chi connectivity index (χ2v) is 5.94. The summed E-state index contributed by atoms with van der Waals surface area (Å²) in [4.78, 5) is 0.162. The summed E-state index contributed by atoms with van der Waals surface area (Å²) in [6, 6.07) is 4.57. The summed E-state index contributed by atoms with van der Waals surface area (Å²) in [5, 5.41) is 0. The summed E-state index contributed by atoms with van der Waals surface area (Å²) in [6.07, 6.45) is 4.56. The molecule has 0 amide bonds. The molecule has 2 N–H and O–H groups in total. The SMILES string of the molecule is COc1cc(N)ccc1S(=O)(=O)N1CC=CCC1.